The van der Waals surface area contributed by atoms with Crippen molar-refractivity contribution in [2.45, 2.75) is 33.1 Å². The topological polar surface area (TPSA) is 32.3 Å². The van der Waals surface area contributed by atoms with Crippen molar-refractivity contribution in [1.29, 1.82) is 0 Å². The third-order valence-corrected chi connectivity index (χ3v) is 3.26. The second-order valence-corrected chi connectivity index (χ2v) is 5.09. The van der Waals surface area contributed by atoms with Crippen LogP contribution in [0.15, 0.2) is 18.2 Å². The lowest BCUT2D eigenvalue weighted by molar-refractivity contribution is 0.0793. The molecular weight excluding hydrogens is 260 g/mol. The summed E-state index contributed by atoms with van der Waals surface area (Å²) in [5.41, 5.74) is 1.49. The van der Waals surface area contributed by atoms with Crippen LogP contribution in [0.3, 0.4) is 0 Å². The number of anilines is 1. The van der Waals surface area contributed by atoms with Crippen LogP contribution >= 0.6 is 11.6 Å². The Labute approximate surface area is 120 Å². The zero-order chi connectivity index (χ0) is 14.3. The molecule has 4 heteroatoms. The molecule has 0 bridgehead atoms. The van der Waals surface area contributed by atoms with E-state index in [0.717, 1.165) is 38.0 Å². The number of nitrogens with one attached hydrogen (secondary N) is 1. The summed E-state index contributed by atoms with van der Waals surface area (Å²) in [4.78, 5) is 14.2. The van der Waals surface area contributed by atoms with Crippen LogP contribution < -0.4 is 5.32 Å². The van der Waals surface area contributed by atoms with Crippen molar-refractivity contribution >= 4 is 23.2 Å². The fourth-order valence-corrected chi connectivity index (χ4v) is 2.12. The Morgan fingerprint density at radius 2 is 2.05 bits per heavy atom. The van der Waals surface area contributed by atoms with E-state index in [1.165, 1.54) is 0 Å². The van der Waals surface area contributed by atoms with Gasteiger partial charge in [-0.25, -0.2) is 0 Å². The minimum absolute atomic E-state index is 0.0227. The third kappa shape index (κ3) is 4.75. The predicted molar refractivity (Wildman–Crippen MR) is 82.1 cm³/mol. The van der Waals surface area contributed by atoms with Gasteiger partial charge in [-0.1, -0.05) is 31.4 Å². The van der Waals surface area contributed by atoms with Crippen molar-refractivity contribution < 1.29 is 4.79 Å². The van der Waals surface area contributed by atoms with Gasteiger partial charge in [0, 0.05) is 30.8 Å². The maximum absolute atomic E-state index is 12.4. The highest BCUT2D eigenvalue weighted by Gasteiger charge is 2.15. The zero-order valence-corrected chi connectivity index (χ0v) is 12.8. The molecule has 3 nitrogen and oxygen atoms in total. The number of hydrogen-bond acceptors (Lipinski definition) is 2. The van der Waals surface area contributed by atoms with Gasteiger partial charge in [0.05, 0.1) is 5.56 Å². The molecule has 1 rings (SSSR count). The molecule has 0 atom stereocenters. The van der Waals surface area contributed by atoms with Gasteiger partial charge in [0.15, 0.2) is 0 Å². The van der Waals surface area contributed by atoms with Gasteiger partial charge in [-0.3, -0.25) is 4.79 Å². The van der Waals surface area contributed by atoms with E-state index in [-0.39, 0.29) is 5.91 Å². The number of carbonyl (C=O) groups excluding carboxylic acids is 1. The Bertz CT molecular complexity index is 421. The molecule has 0 unspecified atom stereocenters. The van der Waals surface area contributed by atoms with Gasteiger partial charge in [0.25, 0.3) is 5.91 Å². The highest BCUT2D eigenvalue weighted by Crippen LogP contribution is 2.22. The first-order valence-corrected chi connectivity index (χ1v) is 7.26. The van der Waals surface area contributed by atoms with Crippen LogP contribution in [0.2, 0.25) is 5.02 Å². The molecule has 1 aromatic carbocycles. The number of benzene rings is 1. The van der Waals surface area contributed by atoms with E-state index in [1.54, 1.807) is 17.0 Å². The number of amides is 1. The molecule has 0 aliphatic rings. The SMILES string of the molecule is CCCCCN(C)C(=O)c1cc(Cl)ccc1NCC. The van der Waals surface area contributed by atoms with Gasteiger partial charge in [-0.2, -0.15) is 0 Å². The van der Waals surface area contributed by atoms with E-state index in [4.69, 9.17) is 11.6 Å². The summed E-state index contributed by atoms with van der Waals surface area (Å²) >= 11 is 5.99. The van der Waals surface area contributed by atoms with Crippen molar-refractivity contribution in [3.05, 3.63) is 28.8 Å². The first-order chi connectivity index (χ1) is 9.10. The smallest absolute Gasteiger partial charge is 0.255 e. The number of halogens is 1. The molecule has 0 saturated carbocycles. The average Bonchev–Trinajstić information content (AvgIpc) is 2.40. The summed E-state index contributed by atoms with van der Waals surface area (Å²) in [5.74, 6) is 0.0227. The van der Waals surface area contributed by atoms with Crippen LogP contribution in [0.1, 0.15) is 43.5 Å². The molecule has 106 valence electrons. The average molecular weight is 283 g/mol. The van der Waals surface area contributed by atoms with Crippen molar-refractivity contribution in [2.75, 3.05) is 25.5 Å². The van der Waals surface area contributed by atoms with Gasteiger partial charge in [0.1, 0.15) is 0 Å². The molecule has 0 aromatic heterocycles. The number of unbranched alkanes of at least 4 members (excludes halogenated alkanes) is 2. The van der Waals surface area contributed by atoms with Crippen LogP contribution in [-0.4, -0.2) is 30.9 Å². The van der Waals surface area contributed by atoms with Crippen LogP contribution in [0.25, 0.3) is 0 Å². The Kier molecular flexibility index (Phi) is 6.71. The molecule has 0 saturated heterocycles. The quantitative estimate of drug-likeness (QED) is 0.766. The first kappa shape index (κ1) is 15.8. The lowest BCUT2D eigenvalue weighted by atomic mass is 10.1. The summed E-state index contributed by atoms with van der Waals surface area (Å²) < 4.78 is 0. The van der Waals surface area contributed by atoms with E-state index in [2.05, 4.69) is 12.2 Å². The number of rotatable bonds is 7. The molecule has 0 fully saturated rings. The Hall–Kier alpha value is -1.22. The molecular formula is C15H23ClN2O. The summed E-state index contributed by atoms with van der Waals surface area (Å²) in [6.07, 6.45) is 3.34. The number of carbonyl (C=O) groups is 1. The molecule has 1 N–H and O–H groups in total. The lowest BCUT2D eigenvalue weighted by Crippen LogP contribution is -2.28. The van der Waals surface area contributed by atoms with Crippen LogP contribution in [0.5, 0.6) is 0 Å². The molecule has 0 radical (unpaired) electrons. The van der Waals surface area contributed by atoms with Crippen molar-refractivity contribution in [3.8, 4) is 0 Å². The summed E-state index contributed by atoms with van der Waals surface area (Å²) in [5, 5.41) is 3.79. The molecule has 0 spiro atoms. The summed E-state index contributed by atoms with van der Waals surface area (Å²) in [7, 11) is 1.84. The van der Waals surface area contributed by atoms with Crippen molar-refractivity contribution in [2.24, 2.45) is 0 Å². The normalized spacial score (nSPS) is 10.3. The predicted octanol–water partition coefficient (Wildman–Crippen LogP) is 4.03. The summed E-state index contributed by atoms with van der Waals surface area (Å²) in [6, 6.07) is 5.39. The fraction of sp³-hybridized carbons (Fsp3) is 0.533. The monoisotopic (exact) mass is 282 g/mol. The summed E-state index contributed by atoms with van der Waals surface area (Å²) in [6.45, 7) is 5.72. The van der Waals surface area contributed by atoms with Crippen LogP contribution in [0, 0.1) is 0 Å². The van der Waals surface area contributed by atoms with Crippen molar-refractivity contribution in [3.63, 3.8) is 0 Å². The van der Waals surface area contributed by atoms with E-state index in [0.29, 0.717) is 10.6 Å². The third-order valence-electron chi connectivity index (χ3n) is 3.02. The first-order valence-electron chi connectivity index (χ1n) is 6.89. The number of nitrogens with zero attached hydrogens (tertiary/aromatic N) is 1. The van der Waals surface area contributed by atoms with E-state index in [9.17, 15) is 4.79 Å². The highest BCUT2D eigenvalue weighted by atomic mass is 35.5. The molecule has 1 amide bonds. The van der Waals surface area contributed by atoms with Crippen molar-refractivity contribution in [1.82, 2.24) is 4.90 Å². The molecule has 1 aromatic rings. The highest BCUT2D eigenvalue weighted by molar-refractivity contribution is 6.31. The van der Waals surface area contributed by atoms with Gasteiger partial charge in [-0.05, 0) is 31.5 Å². The largest absolute Gasteiger partial charge is 0.385 e. The van der Waals surface area contributed by atoms with E-state index in [1.807, 2.05) is 20.0 Å². The minimum atomic E-state index is 0.0227. The molecule has 0 aliphatic carbocycles. The molecule has 0 heterocycles. The maximum atomic E-state index is 12.4. The maximum Gasteiger partial charge on any atom is 0.255 e. The number of hydrogen-bond donors (Lipinski definition) is 1. The fourth-order valence-electron chi connectivity index (χ4n) is 1.94. The van der Waals surface area contributed by atoms with Crippen LogP contribution in [0.4, 0.5) is 5.69 Å². The Balaban J connectivity index is 2.81. The van der Waals surface area contributed by atoms with E-state index < -0.39 is 0 Å². The van der Waals surface area contributed by atoms with Gasteiger partial charge in [0.2, 0.25) is 0 Å². The van der Waals surface area contributed by atoms with Gasteiger partial charge in [-0.15, -0.1) is 0 Å². The van der Waals surface area contributed by atoms with Gasteiger partial charge >= 0.3 is 0 Å². The minimum Gasteiger partial charge on any atom is -0.385 e. The van der Waals surface area contributed by atoms with Crippen LogP contribution in [-0.2, 0) is 0 Å². The van der Waals surface area contributed by atoms with E-state index >= 15 is 0 Å². The molecule has 0 aliphatic heterocycles. The second kappa shape index (κ2) is 8.05. The zero-order valence-electron chi connectivity index (χ0n) is 12.0. The second-order valence-electron chi connectivity index (χ2n) is 4.65. The molecule has 19 heavy (non-hydrogen) atoms. The Morgan fingerprint density at radius 3 is 2.68 bits per heavy atom. The Morgan fingerprint density at radius 1 is 1.32 bits per heavy atom. The van der Waals surface area contributed by atoms with Gasteiger partial charge < -0.3 is 10.2 Å². The lowest BCUT2D eigenvalue weighted by Gasteiger charge is -2.19. The standard InChI is InChI=1S/C15H23ClN2O/c1-4-6-7-10-18(3)15(19)13-11-12(16)8-9-14(13)17-5-2/h8-9,11,17H,4-7,10H2,1-3H3.